The molecule has 0 saturated carbocycles. The summed E-state index contributed by atoms with van der Waals surface area (Å²) in [5.41, 5.74) is 12.6. The summed E-state index contributed by atoms with van der Waals surface area (Å²) in [5, 5.41) is 9.92. The monoisotopic (exact) mass is 864 g/mol. The smallest absolute Gasteiger partial charge is 0.266 e. The number of phenolic OH excluding ortho intramolecular Hbond substituents is 1. The van der Waals surface area contributed by atoms with E-state index in [0.29, 0.717) is 65.3 Å². The van der Waals surface area contributed by atoms with E-state index in [2.05, 4.69) is 32.6 Å². The first-order chi connectivity index (χ1) is 26.2. The molecule has 2 aromatic heterocycles. The molecule has 14 nitrogen and oxygen atoms in total. The van der Waals surface area contributed by atoms with Crippen molar-refractivity contribution in [1.29, 1.82) is 0 Å². The van der Waals surface area contributed by atoms with Gasteiger partial charge in [-0.05, 0) is 66.3 Å². The van der Waals surface area contributed by atoms with Gasteiger partial charge in [-0.15, -0.1) is 0 Å². The molecule has 0 aliphatic carbocycles. The van der Waals surface area contributed by atoms with Gasteiger partial charge in [-0.1, -0.05) is 60.7 Å². The highest BCUT2D eigenvalue weighted by atomic mass is 127. The minimum absolute atomic E-state index is 0.0136. The molecule has 15 heteroatoms. The number of halogens is 1. The van der Waals surface area contributed by atoms with Crippen molar-refractivity contribution in [2.75, 3.05) is 26.1 Å². The van der Waals surface area contributed by atoms with Crippen molar-refractivity contribution in [2.24, 2.45) is 21.5 Å². The van der Waals surface area contributed by atoms with Crippen LogP contribution in [0.3, 0.4) is 0 Å². The molecule has 292 valence electrons. The highest BCUT2D eigenvalue weighted by Gasteiger charge is 2.52. The van der Waals surface area contributed by atoms with Gasteiger partial charge in [0, 0.05) is 63.5 Å². The number of alkyl halides is 1. The number of carbonyl (C=O) groups excluding carboxylic acids is 4. The van der Waals surface area contributed by atoms with Gasteiger partial charge in [-0.25, -0.2) is 9.98 Å². The van der Waals surface area contributed by atoms with E-state index in [0.717, 1.165) is 0 Å². The summed E-state index contributed by atoms with van der Waals surface area (Å²) in [4.78, 5) is 64.8. The largest absolute Gasteiger partial charge is 0.508 e. The van der Waals surface area contributed by atoms with E-state index in [9.17, 15) is 24.3 Å². The molecule has 2 unspecified atom stereocenters. The average molecular weight is 865 g/mol. The van der Waals surface area contributed by atoms with E-state index in [1.165, 1.54) is 21.9 Å². The molecular formula is C40H49IN8O6. The lowest BCUT2D eigenvalue weighted by Crippen LogP contribution is -2.41. The number of ketones is 2. The van der Waals surface area contributed by atoms with Gasteiger partial charge in [0.05, 0.1) is 18.5 Å². The molecule has 4 heterocycles. The summed E-state index contributed by atoms with van der Waals surface area (Å²) in [6.45, 7) is 8.69. The summed E-state index contributed by atoms with van der Waals surface area (Å²) < 4.78 is 8.98. The number of carbonyl (C=O) groups is 4. The van der Waals surface area contributed by atoms with Crippen molar-refractivity contribution in [2.45, 2.75) is 64.7 Å². The Balaban J connectivity index is 0.000000234. The third kappa shape index (κ3) is 7.49. The lowest BCUT2D eigenvalue weighted by molar-refractivity contribution is -0.130. The second kappa shape index (κ2) is 17.3. The van der Waals surface area contributed by atoms with Crippen molar-refractivity contribution in [3.05, 3.63) is 107 Å². The summed E-state index contributed by atoms with van der Waals surface area (Å²) in [6.07, 6.45) is 4.33. The number of ether oxygens (including phenoxy) is 1. The summed E-state index contributed by atoms with van der Waals surface area (Å²) >= 11 is 2.15. The Morgan fingerprint density at radius 1 is 0.709 bits per heavy atom. The van der Waals surface area contributed by atoms with Gasteiger partial charge in [-0.2, -0.15) is 0 Å². The Hall–Kier alpha value is -5.45. The van der Waals surface area contributed by atoms with E-state index in [1.807, 2.05) is 53.2 Å². The number of aromatic hydroxyl groups is 1. The van der Waals surface area contributed by atoms with Crippen LogP contribution in [0.25, 0.3) is 0 Å². The molecule has 2 aromatic carbocycles. The molecule has 0 spiro atoms. The Morgan fingerprint density at radius 2 is 1.13 bits per heavy atom. The fourth-order valence-corrected chi connectivity index (χ4v) is 6.72. The van der Waals surface area contributed by atoms with Gasteiger partial charge < -0.3 is 30.4 Å². The molecule has 4 aromatic rings. The first kappa shape index (κ1) is 42.3. The van der Waals surface area contributed by atoms with Crippen LogP contribution in [0.1, 0.15) is 83.8 Å². The van der Waals surface area contributed by atoms with Crippen LogP contribution < -0.4 is 16.2 Å². The van der Waals surface area contributed by atoms with E-state index >= 15 is 0 Å². The van der Waals surface area contributed by atoms with E-state index in [-0.39, 0.29) is 41.0 Å². The number of phenols is 1. The number of nitrogens with two attached hydrogens (primary N) is 2. The first-order valence-electron chi connectivity index (χ1n) is 17.8. The third-order valence-electron chi connectivity index (χ3n) is 9.76. The Kier molecular flexibility index (Phi) is 13.3. The zero-order valence-electron chi connectivity index (χ0n) is 32.5. The third-order valence-corrected chi connectivity index (χ3v) is 9.76. The number of amides is 2. The number of Topliss-reactive ketones (excluding diaryl/α,β-unsaturated/α-hetero) is 2. The average Bonchev–Trinajstić information content (AvgIpc) is 3.96. The van der Waals surface area contributed by atoms with Gasteiger partial charge in [0.1, 0.15) is 11.5 Å². The second-order valence-corrected chi connectivity index (χ2v) is 12.7. The van der Waals surface area contributed by atoms with Crippen LogP contribution in [0, 0.1) is 0 Å². The number of likely N-dealkylation sites (N-methyl/N-ethyl adjacent to an activating group) is 2. The van der Waals surface area contributed by atoms with Gasteiger partial charge in [0.25, 0.3) is 11.8 Å². The number of rotatable bonds is 11. The number of nitrogens with zero attached hydrogens (tertiary/aromatic N) is 6. The van der Waals surface area contributed by atoms with Crippen LogP contribution in [0.15, 0.2) is 83.0 Å². The van der Waals surface area contributed by atoms with Gasteiger partial charge in [0.15, 0.2) is 34.6 Å². The van der Waals surface area contributed by atoms with Crippen LogP contribution in [-0.4, -0.2) is 85.5 Å². The number of guanidine groups is 2. The zero-order valence-corrected chi connectivity index (χ0v) is 34.6. The van der Waals surface area contributed by atoms with Crippen molar-refractivity contribution >= 4 is 57.9 Å². The fraction of sp³-hybridized carbons (Fsp3) is 0.350. The lowest BCUT2D eigenvalue weighted by Gasteiger charge is -2.25. The van der Waals surface area contributed by atoms with E-state index < -0.39 is 11.1 Å². The highest BCUT2D eigenvalue weighted by Crippen LogP contribution is 2.42. The fourth-order valence-electron chi connectivity index (χ4n) is 6.72. The SMILES string of the molecule is CCC(=O)c1cc(C2(c3cccc(O)c3)N=C(N)N(C)C2=O)cn1CC.CCC(=O)c1cc(C2(c3cccc(OC)c3)N=C(N)N(C)C2=O)cn1CC.CI. The molecule has 0 saturated heterocycles. The minimum atomic E-state index is -1.42. The predicted molar refractivity (Wildman–Crippen MR) is 221 cm³/mol. The molecule has 0 bridgehead atoms. The predicted octanol–water partition coefficient (Wildman–Crippen LogP) is 5.03. The maximum absolute atomic E-state index is 13.3. The Morgan fingerprint density at radius 3 is 1.47 bits per heavy atom. The number of aliphatic imine (C=N–C) groups is 2. The topological polar surface area (TPSA) is 191 Å². The van der Waals surface area contributed by atoms with Crippen LogP contribution in [0.5, 0.6) is 11.5 Å². The molecule has 0 radical (unpaired) electrons. The summed E-state index contributed by atoms with van der Waals surface area (Å²) in [5.74, 6) is 0.267. The van der Waals surface area contributed by atoms with Gasteiger partial charge >= 0.3 is 0 Å². The second-order valence-electron chi connectivity index (χ2n) is 12.7. The highest BCUT2D eigenvalue weighted by molar-refractivity contribution is 14.1. The van der Waals surface area contributed by atoms with Crippen molar-refractivity contribution in [1.82, 2.24) is 18.9 Å². The van der Waals surface area contributed by atoms with Crippen LogP contribution in [0.4, 0.5) is 0 Å². The quantitative estimate of drug-likeness (QED) is 0.106. The maximum atomic E-state index is 13.3. The van der Waals surface area contributed by atoms with Crippen LogP contribution in [-0.2, 0) is 33.8 Å². The summed E-state index contributed by atoms with van der Waals surface area (Å²) in [7, 11) is 4.72. The number of benzene rings is 2. The molecule has 6 rings (SSSR count). The lowest BCUT2D eigenvalue weighted by atomic mass is 9.84. The number of aryl methyl sites for hydroxylation is 2. The van der Waals surface area contributed by atoms with Crippen LogP contribution >= 0.6 is 22.6 Å². The number of hydrogen-bond acceptors (Lipinski definition) is 10. The van der Waals surface area contributed by atoms with Crippen molar-refractivity contribution in [3.63, 3.8) is 0 Å². The molecule has 2 atom stereocenters. The minimum Gasteiger partial charge on any atom is -0.508 e. The van der Waals surface area contributed by atoms with E-state index in [4.69, 9.17) is 16.2 Å². The number of aromatic nitrogens is 2. The number of hydrogen-bond donors (Lipinski definition) is 3. The van der Waals surface area contributed by atoms with Crippen molar-refractivity contribution < 1.29 is 29.0 Å². The maximum Gasteiger partial charge on any atom is 0.266 e. The normalized spacial score (nSPS) is 18.9. The molecule has 0 fully saturated rings. The Bertz CT molecular complexity index is 2160. The molecular weight excluding hydrogens is 815 g/mol. The molecule has 2 amide bonds. The Labute approximate surface area is 335 Å². The van der Waals surface area contributed by atoms with Gasteiger partial charge in [-0.3, -0.25) is 29.0 Å². The van der Waals surface area contributed by atoms with Crippen LogP contribution in [0.2, 0.25) is 0 Å². The molecule has 5 N–H and O–H groups in total. The molecule has 2 aliphatic rings. The zero-order chi connectivity index (χ0) is 40.8. The van der Waals surface area contributed by atoms with Gasteiger partial charge in [0.2, 0.25) is 0 Å². The molecule has 2 aliphatic heterocycles. The standard InChI is InChI=1S/C20H24N4O3.C19H22N4O3.CH3I/c1-5-17(25)16-11-14(12-24(16)6-2)20(18(26)23(3)19(21)22-20)13-8-7-9-15(10-13)27-4;1-4-16(25)15-10-13(11-23(15)5-2)19(12-7-6-8-14(24)9-12)17(26)22(3)18(20)21-19;1-2/h7-12H,5-6H2,1-4H3,(H2,21,22);6-11,24H,4-5H2,1-3H3,(H2,20,21);1H3. The summed E-state index contributed by atoms with van der Waals surface area (Å²) in [6, 6.07) is 17.1. The van der Waals surface area contributed by atoms with E-state index in [1.54, 1.807) is 70.7 Å². The van der Waals surface area contributed by atoms with Crippen molar-refractivity contribution in [3.8, 4) is 11.5 Å². The number of methoxy groups -OCH3 is 1. The first-order valence-corrected chi connectivity index (χ1v) is 20.0. The molecule has 55 heavy (non-hydrogen) atoms.